The van der Waals surface area contributed by atoms with Crippen LogP contribution in [0.1, 0.15) is 24.8 Å². The van der Waals surface area contributed by atoms with Crippen LogP contribution < -0.4 is 0 Å². The second kappa shape index (κ2) is 5.76. The number of rotatable bonds is 5. The van der Waals surface area contributed by atoms with Gasteiger partial charge in [-0.2, -0.15) is 0 Å². The quantitative estimate of drug-likeness (QED) is 0.543. The maximum Gasteiger partial charge on any atom is 0.141 e. The number of carbonyl (C=O) groups is 1. The van der Waals surface area contributed by atoms with Crippen LogP contribution >= 0.6 is 11.6 Å². The predicted molar refractivity (Wildman–Crippen MR) is 55.0 cm³/mol. The van der Waals surface area contributed by atoms with Gasteiger partial charge in [0, 0.05) is 6.42 Å². The van der Waals surface area contributed by atoms with Crippen LogP contribution in [0, 0.1) is 5.82 Å². The Morgan fingerprint density at radius 1 is 1.36 bits per heavy atom. The minimum atomic E-state index is -0.386. The Morgan fingerprint density at radius 2 is 2.14 bits per heavy atom. The fourth-order valence-corrected chi connectivity index (χ4v) is 1.46. The van der Waals surface area contributed by atoms with E-state index in [1.165, 1.54) is 6.07 Å². The van der Waals surface area contributed by atoms with E-state index in [4.69, 9.17) is 11.6 Å². The smallest absolute Gasteiger partial charge is 0.141 e. The van der Waals surface area contributed by atoms with Crippen LogP contribution in [0.3, 0.4) is 0 Å². The third kappa shape index (κ3) is 3.46. The minimum absolute atomic E-state index is 0.165. The third-order valence-corrected chi connectivity index (χ3v) is 2.31. The summed E-state index contributed by atoms with van der Waals surface area (Å²) in [5, 5.41) is 0.165. The van der Waals surface area contributed by atoms with Crippen molar-refractivity contribution in [3.8, 4) is 0 Å². The lowest BCUT2D eigenvalue weighted by Crippen LogP contribution is -1.87. The first-order valence-electron chi connectivity index (χ1n) is 4.61. The van der Waals surface area contributed by atoms with E-state index in [2.05, 4.69) is 0 Å². The van der Waals surface area contributed by atoms with Crippen LogP contribution in [0.25, 0.3) is 0 Å². The Kier molecular flexibility index (Phi) is 4.60. The summed E-state index contributed by atoms with van der Waals surface area (Å²) in [5.41, 5.74) is 1.02. The molecular formula is C11H12ClFO. The number of benzene rings is 1. The zero-order valence-electron chi connectivity index (χ0n) is 7.80. The van der Waals surface area contributed by atoms with Crippen molar-refractivity contribution in [2.24, 2.45) is 0 Å². The first kappa shape index (κ1) is 11.2. The monoisotopic (exact) mass is 214 g/mol. The highest BCUT2D eigenvalue weighted by Gasteiger charge is 2.00. The molecule has 0 bridgehead atoms. The lowest BCUT2D eigenvalue weighted by molar-refractivity contribution is -0.107. The second-order valence-corrected chi connectivity index (χ2v) is 3.57. The summed E-state index contributed by atoms with van der Waals surface area (Å²) in [5.74, 6) is -0.386. The SMILES string of the molecule is O=CCCCCc1ccc(F)c(Cl)c1. The number of halogens is 2. The molecule has 0 atom stereocenters. The predicted octanol–water partition coefficient (Wildman–Crippen LogP) is 3.39. The molecule has 0 spiro atoms. The molecule has 0 unspecified atom stereocenters. The molecular weight excluding hydrogens is 203 g/mol. The molecule has 0 heterocycles. The van der Waals surface area contributed by atoms with Gasteiger partial charge in [-0.15, -0.1) is 0 Å². The molecule has 1 nitrogen and oxygen atoms in total. The second-order valence-electron chi connectivity index (χ2n) is 3.16. The van der Waals surface area contributed by atoms with Crippen LogP contribution in [-0.4, -0.2) is 6.29 Å². The zero-order chi connectivity index (χ0) is 10.4. The van der Waals surface area contributed by atoms with Crippen molar-refractivity contribution in [3.05, 3.63) is 34.6 Å². The van der Waals surface area contributed by atoms with Crippen LogP contribution in [0.4, 0.5) is 4.39 Å². The van der Waals surface area contributed by atoms with E-state index in [9.17, 15) is 9.18 Å². The number of hydrogen-bond acceptors (Lipinski definition) is 1. The summed E-state index contributed by atoms with van der Waals surface area (Å²) in [6.07, 6.45) is 4.15. The van der Waals surface area contributed by atoms with E-state index in [1.54, 1.807) is 12.1 Å². The van der Waals surface area contributed by atoms with E-state index >= 15 is 0 Å². The van der Waals surface area contributed by atoms with Gasteiger partial charge in [-0.3, -0.25) is 0 Å². The van der Waals surface area contributed by atoms with E-state index in [1.807, 2.05) is 0 Å². The molecule has 0 saturated heterocycles. The molecule has 0 amide bonds. The molecule has 14 heavy (non-hydrogen) atoms. The summed E-state index contributed by atoms with van der Waals surface area (Å²) in [4.78, 5) is 10.0. The van der Waals surface area contributed by atoms with Crippen molar-refractivity contribution in [3.63, 3.8) is 0 Å². The number of unbranched alkanes of at least 4 members (excludes halogenated alkanes) is 2. The Balaban J connectivity index is 2.43. The van der Waals surface area contributed by atoms with Crippen LogP contribution in [0.2, 0.25) is 5.02 Å². The van der Waals surface area contributed by atoms with Gasteiger partial charge >= 0.3 is 0 Å². The molecule has 76 valence electrons. The Hall–Kier alpha value is -0.890. The third-order valence-electron chi connectivity index (χ3n) is 2.02. The molecule has 0 fully saturated rings. The first-order valence-corrected chi connectivity index (χ1v) is 4.99. The highest BCUT2D eigenvalue weighted by atomic mass is 35.5. The van der Waals surface area contributed by atoms with Crippen molar-refractivity contribution in [2.45, 2.75) is 25.7 Å². The van der Waals surface area contributed by atoms with Crippen molar-refractivity contribution >= 4 is 17.9 Å². The van der Waals surface area contributed by atoms with Gasteiger partial charge in [-0.05, 0) is 37.0 Å². The molecule has 0 saturated carbocycles. The molecule has 3 heteroatoms. The normalized spacial score (nSPS) is 10.1. The molecule has 0 aliphatic carbocycles. The number of carbonyl (C=O) groups excluding carboxylic acids is 1. The number of aryl methyl sites for hydroxylation is 1. The molecule has 0 aliphatic heterocycles. The Bertz CT molecular complexity index is 312. The fourth-order valence-electron chi connectivity index (χ4n) is 1.25. The van der Waals surface area contributed by atoms with Gasteiger partial charge in [0.2, 0.25) is 0 Å². The average Bonchev–Trinajstić information content (AvgIpc) is 2.18. The van der Waals surface area contributed by atoms with Crippen molar-refractivity contribution < 1.29 is 9.18 Å². The average molecular weight is 215 g/mol. The fraction of sp³-hybridized carbons (Fsp3) is 0.364. The largest absolute Gasteiger partial charge is 0.303 e. The van der Waals surface area contributed by atoms with Gasteiger partial charge in [0.25, 0.3) is 0 Å². The summed E-state index contributed by atoms with van der Waals surface area (Å²) in [6.45, 7) is 0. The van der Waals surface area contributed by atoms with Gasteiger partial charge in [-0.25, -0.2) is 4.39 Å². The van der Waals surface area contributed by atoms with E-state index < -0.39 is 0 Å². The zero-order valence-corrected chi connectivity index (χ0v) is 8.56. The maximum atomic E-state index is 12.8. The standard InChI is InChI=1S/C11H12ClFO/c12-10-8-9(5-6-11(10)13)4-2-1-3-7-14/h5-8H,1-4H2. The van der Waals surface area contributed by atoms with Gasteiger partial charge in [0.05, 0.1) is 5.02 Å². The van der Waals surface area contributed by atoms with Crippen LogP contribution in [-0.2, 0) is 11.2 Å². The molecule has 1 rings (SSSR count). The van der Waals surface area contributed by atoms with Crippen molar-refractivity contribution in [1.82, 2.24) is 0 Å². The topological polar surface area (TPSA) is 17.1 Å². The van der Waals surface area contributed by atoms with Crippen molar-refractivity contribution in [1.29, 1.82) is 0 Å². The lowest BCUT2D eigenvalue weighted by Gasteiger charge is -2.01. The molecule has 1 aromatic carbocycles. The Labute approximate surface area is 87.9 Å². The molecule has 0 radical (unpaired) electrons. The maximum absolute atomic E-state index is 12.8. The van der Waals surface area contributed by atoms with E-state index in [-0.39, 0.29) is 10.8 Å². The first-order chi connectivity index (χ1) is 6.74. The van der Waals surface area contributed by atoms with E-state index in [0.29, 0.717) is 6.42 Å². The van der Waals surface area contributed by atoms with Gasteiger partial charge in [-0.1, -0.05) is 17.7 Å². The van der Waals surface area contributed by atoms with Gasteiger partial charge in [0.15, 0.2) is 0 Å². The van der Waals surface area contributed by atoms with Gasteiger partial charge in [0.1, 0.15) is 12.1 Å². The lowest BCUT2D eigenvalue weighted by atomic mass is 10.1. The van der Waals surface area contributed by atoms with Crippen molar-refractivity contribution in [2.75, 3.05) is 0 Å². The highest BCUT2D eigenvalue weighted by molar-refractivity contribution is 6.30. The van der Waals surface area contributed by atoms with Crippen LogP contribution in [0.15, 0.2) is 18.2 Å². The number of aldehydes is 1. The molecule has 0 aliphatic rings. The number of hydrogen-bond donors (Lipinski definition) is 0. The van der Waals surface area contributed by atoms with E-state index in [0.717, 1.165) is 31.1 Å². The summed E-state index contributed by atoms with van der Waals surface area (Å²) >= 11 is 5.62. The highest BCUT2D eigenvalue weighted by Crippen LogP contribution is 2.17. The summed E-state index contributed by atoms with van der Waals surface area (Å²) in [6, 6.07) is 4.73. The minimum Gasteiger partial charge on any atom is -0.303 e. The summed E-state index contributed by atoms with van der Waals surface area (Å²) in [7, 11) is 0. The van der Waals surface area contributed by atoms with Gasteiger partial charge < -0.3 is 4.79 Å². The molecule has 0 N–H and O–H groups in total. The summed E-state index contributed by atoms with van der Waals surface area (Å²) < 4.78 is 12.8. The van der Waals surface area contributed by atoms with Crippen LogP contribution in [0.5, 0.6) is 0 Å². The molecule has 0 aromatic heterocycles. The Morgan fingerprint density at radius 3 is 2.79 bits per heavy atom. The molecule has 1 aromatic rings.